The summed E-state index contributed by atoms with van der Waals surface area (Å²) in [5.74, 6) is 0.349. The van der Waals surface area contributed by atoms with Crippen molar-refractivity contribution in [3.8, 4) is 0 Å². The number of aryl methyl sites for hydroxylation is 1. The number of hydrogen-bond acceptors (Lipinski definition) is 4. The lowest BCUT2D eigenvalue weighted by atomic mass is 9.85. The maximum Gasteiger partial charge on any atom is 0.306 e. The first-order valence-corrected chi connectivity index (χ1v) is 13.1. The van der Waals surface area contributed by atoms with E-state index in [4.69, 9.17) is 16.3 Å². The lowest BCUT2D eigenvalue weighted by molar-refractivity contribution is -0.155. The molecule has 1 aliphatic rings. The topological polar surface area (TPSA) is 61.4 Å². The van der Waals surface area contributed by atoms with Crippen LogP contribution in [0.3, 0.4) is 0 Å². The molecule has 2 unspecified atom stereocenters. The molecular formula is C25H40ClNO3S. The van der Waals surface area contributed by atoms with Crippen molar-refractivity contribution in [3.05, 3.63) is 34.3 Å². The van der Waals surface area contributed by atoms with Crippen molar-refractivity contribution in [1.82, 2.24) is 4.72 Å². The average molecular weight is 470 g/mol. The molecule has 4 nitrogen and oxygen atoms in total. The third-order valence-corrected chi connectivity index (χ3v) is 7.48. The zero-order valence-corrected chi connectivity index (χ0v) is 21.6. The van der Waals surface area contributed by atoms with Crippen molar-refractivity contribution in [2.75, 3.05) is 0 Å². The molecule has 1 aromatic rings. The van der Waals surface area contributed by atoms with Gasteiger partial charge < -0.3 is 9.29 Å². The zero-order valence-electron chi connectivity index (χ0n) is 20.1. The minimum atomic E-state index is -1.16. The Balaban J connectivity index is 2.14. The van der Waals surface area contributed by atoms with Crippen LogP contribution in [-0.2, 0) is 27.3 Å². The van der Waals surface area contributed by atoms with Gasteiger partial charge in [-0.15, -0.1) is 4.72 Å². The summed E-state index contributed by atoms with van der Waals surface area (Å²) in [7, 11) is 0. The Morgan fingerprint density at radius 1 is 1.16 bits per heavy atom. The average Bonchev–Trinajstić information content (AvgIpc) is 2.63. The fourth-order valence-corrected chi connectivity index (χ4v) is 5.06. The normalized spacial score (nSPS) is 21.8. The molecule has 0 heterocycles. The lowest BCUT2D eigenvalue weighted by Crippen LogP contribution is -2.41. The van der Waals surface area contributed by atoms with Gasteiger partial charge in [0.2, 0.25) is 0 Å². The number of rotatable bonds is 5. The lowest BCUT2D eigenvalue weighted by Gasteiger charge is -2.31. The van der Waals surface area contributed by atoms with Gasteiger partial charge in [0.25, 0.3) is 0 Å². The summed E-state index contributed by atoms with van der Waals surface area (Å²) in [5.41, 5.74) is 2.02. The number of fused-ring (bicyclic) bond motifs is 1. The van der Waals surface area contributed by atoms with Gasteiger partial charge in [0.05, 0.1) is 6.04 Å². The minimum Gasteiger partial charge on any atom is -0.598 e. The summed E-state index contributed by atoms with van der Waals surface area (Å²) in [6.07, 6.45) is 7.47. The van der Waals surface area contributed by atoms with Gasteiger partial charge in [0.15, 0.2) is 0 Å². The Morgan fingerprint density at radius 2 is 1.87 bits per heavy atom. The zero-order chi connectivity index (χ0) is 23.2. The number of halogens is 1. The van der Waals surface area contributed by atoms with E-state index in [1.54, 1.807) is 0 Å². The van der Waals surface area contributed by atoms with Crippen molar-refractivity contribution in [3.63, 3.8) is 0 Å². The van der Waals surface area contributed by atoms with Gasteiger partial charge in [-0.05, 0) is 103 Å². The molecule has 0 aromatic heterocycles. The van der Waals surface area contributed by atoms with Crippen molar-refractivity contribution >= 4 is 28.9 Å². The van der Waals surface area contributed by atoms with Crippen LogP contribution >= 0.6 is 11.6 Å². The Hall–Kier alpha value is -0.750. The molecule has 1 aromatic carbocycles. The molecular weight excluding hydrogens is 430 g/mol. The van der Waals surface area contributed by atoms with Gasteiger partial charge in [-0.2, -0.15) is 0 Å². The van der Waals surface area contributed by atoms with E-state index in [0.717, 1.165) is 50.0 Å². The van der Waals surface area contributed by atoms with Gasteiger partial charge in [0.1, 0.15) is 10.3 Å². The number of esters is 1. The quantitative estimate of drug-likeness (QED) is 0.386. The van der Waals surface area contributed by atoms with Crippen molar-refractivity contribution in [1.29, 1.82) is 0 Å². The highest BCUT2D eigenvalue weighted by molar-refractivity contribution is 7.90. The summed E-state index contributed by atoms with van der Waals surface area (Å²) < 4.78 is 21.5. The molecule has 3 atom stereocenters. The highest BCUT2D eigenvalue weighted by atomic mass is 35.5. The van der Waals surface area contributed by atoms with E-state index in [0.29, 0.717) is 12.3 Å². The summed E-state index contributed by atoms with van der Waals surface area (Å²) in [6, 6.07) is 6.09. The summed E-state index contributed by atoms with van der Waals surface area (Å²) >= 11 is 5.12. The van der Waals surface area contributed by atoms with Crippen LogP contribution < -0.4 is 4.72 Å². The van der Waals surface area contributed by atoms with Gasteiger partial charge in [0, 0.05) is 22.8 Å². The molecule has 0 fully saturated rings. The Kier molecular flexibility index (Phi) is 9.75. The number of hydrogen-bond donors (Lipinski definition) is 1. The second-order valence-corrected chi connectivity index (χ2v) is 13.1. The summed E-state index contributed by atoms with van der Waals surface area (Å²) in [4.78, 5) is 12.2. The Bertz CT molecular complexity index is 726. The van der Waals surface area contributed by atoms with Crippen molar-refractivity contribution in [2.24, 2.45) is 5.92 Å². The molecule has 2 rings (SSSR count). The SMILES string of the molecule is CC(C)(C)OC(=O)CCC1CCCCc2cc(Cl)ccc2[C@@H](N[S+]([O-])C(C)(C)C)CC1. The molecule has 0 saturated heterocycles. The number of ether oxygens (including phenoxy) is 1. The van der Waals surface area contributed by atoms with Gasteiger partial charge in [-0.25, -0.2) is 0 Å². The van der Waals surface area contributed by atoms with Crippen LogP contribution in [0.2, 0.25) is 5.02 Å². The van der Waals surface area contributed by atoms with E-state index in [-0.39, 0.29) is 16.8 Å². The minimum absolute atomic E-state index is 0.00875. The maximum absolute atomic E-state index is 12.9. The molecule has 31 heavy (non-hydrogen) atoms. The van der Waals surface area contributed by atoms with E-state index in [1.165, 1.54) is 11.1 Å². The van der Waals surface area contributed by atoms with Crippen LogP contribution in [0.25, 0.3) is 0 Å². The maximum atomic E-state index is 12.9. The number of benzene rings is 1. The number of nitrogens with one attached hydrogen (secondary N) is 1. The Morgan fingerprint density at radius 3 is 2.52 bits per heavy atom. The molecule has 1 N–H and O–H groups in total. The van der Waals surface area contributed by atoms with Crippen LogP contribution in [0.15, 0.2) is 18.2 Å². The summed E-state index contributed by atoms with van der Waals surface area (Å²) in [6.45, 7) is 11.7. The highest BCUT2D eigenvalue weighted by Crippen LogP contribution is 2.33. The first kappa shape index (κ1) is 26.5. The van der Waals surface area contributed by atoms with Crippen LogP contribution in [0, 0.1) is 5.92 Å². The van der Waals surface area contributed by atoms with Crippen molar-refractivity contribution < 1.29 is 14.1 Å². The van der Waals surface area contributed by atoms with E-state index in [2.05, 4.69) is 16.9 Å². The molecule has 176 valence electrons. The second-order valence-electron chi connectivity index (χ2n) is 10.7. The molecule has 0 bridgehead atoms. The molecule has 0 saturated carbocycles. The standard InChI is InChI=1S/C25H40ClNO3S/c1-24(2,3)30-23(28)16-12-18-9-7-8-10-19-17-20(26)13-14-21(19)22(15-11-18)27-31(29)25(4,5)6/h13-14,17-18,22,27H,7-12,15-16H2,1-6H3/t18?,22-,31?/m0/s1. The molecule has 0 aliphatic heterocycles. The van der Waals surface area contributed by atoms with Crippen LogP contribution in [0.1, 0.15) is 104 Å². The van der Waals surface area contributed by atoms with E-state index < -0.39 is 17.0 Å². The fraction of sp³-hybridized carbons (Fsp3) is 0.720. The van der Waals surface area contributed by atoms with Gasteiger partial charge in [-0.1, -0.05) is 30.5 Å². The van der Waals surface area contributed by atoms with E-state index in [9.17, 15) is 9.35 Å². The second kappa shape index (κ2) is 11.4. The molecule has 0 amide bonds. The third-order valence-electron chi connectivity index (χ3n) is 5.63. The molecule has 0 spiro atoms. The van der Waals surface area contributed by atoms with Gasteiger partial charge in [-0.3, -0.25) is 4.79 Å². The van der Waals surface area contributed by atoms with Crippen molar-refractivity contribution in [2.45, 2.75) is 109 Å². The molecule has 0 radical (unpaired) electrons. The fourth-order valence-electron chi connectivity index (χ4n) is 4.01. The predicted molar refractivity (Wildman–Crippen MR) is 131 cm³/mol. The first-order valence-electron chi connectivity index (χ1n) is 11.5. The number of carbonyl (C=O) groups excluding carboxylic acids is 1. The van der Waals surface area contributed by atoms with Crippen LogP contribution in [-0.4, -0.2) is 20.9 Å². The third kappa shape index (κ3) is 9.33. The van der Waals surface area contributed by atoms with E-state index in [1.807, 2.05) is 47.6 Å². The smallest absolute Gasteiger partial charge is 0.306 e. The first-order chi connectivity index (χ1) is 14.3. The van der Waals surface area contributed by atoms with Crippen LogP contribution in [0.5, 0.6) is 0 Å². The monoisotopic (exact) mass is 469 g/mol. The Labute approximate surface area is 197 Å². The number of carbonyl (C=O) groups is 1. The highest BCUT2D eigenvalue weighted by Gasteiger charge is 2.31. The largest absolute Gasteiger partial charge is 0.598 e. The van der Waals surface area contributed by atoms with E-state index >= 15 is 0 Å². The molecule has 1 aliphatic carbocycles. The summed E-state index contributed by atoms with van der Waals surface area (Å²) in [5, 5.41) is 0.752. The molecule has 6 heteroatoms. The predicted octanol–water partition coefficient (Wildman–Crippen LogP) is 6.68. The van der Waals surface area contributed by atoms with Gasteiger partial charge >= 0.3 is 5.97 Å². The van der Waals surface area contributed by atoms with Crippen LogP contribution in [0.4, 0.5) is 0 Å².